The molecule has 0 bridgehead atoms. The van der Waals surface area contributed by atoms with E-state index in [2.05, 4.69) is 9.97 Å². The molecule has 0 radical (unpaired) electrons. The molecule has 0 saturated carbocycles. The molecule has 0 aliphatic carbocycles. The number of benzene rings is 2. The number of thiazole rings is 1. The number of aromatic amines is 1. The maximum absolute atomic E-state index is 12.6. The minimum absolute atomic E-state index is 0.00823. The van der Waals surface area contributed by atoms with Crippen LogP contribution in [0.5, 0.6) is 5.19 Å². The minimum Gasteiger partial charge on any atom is -0.463 e. The third kappa shape index (κ3) is 2.55. The maximum atomic E-state index is 12.6. The molecule has 1 aliphatic heterocycles. The first kappa shape index (κ1) is 14.5. The number of likely N-dealkylation sites (tertiary alicyclic amines) is 1. The summed E-state index contributed by atoms with van der Waals surface area (Å²) < 4.78 is 7.03. The molecule has 2 aromatic carbocycles. The van der Waals surface area contributed by atoms with Gasteiger partial charge in [-0.1, -0.05) is 41.7 Å². The van der Waals surface area contributed by atoms with Gasteiger partial charge in [-0.2, -0.15) is 0 Å². The van der Waals surface area contributed by atoms with Gasteiger partial charge in [-0.25, -0.2) is 4.98 Å². The van der Waals surface area contributed by atoms with Crippen LogP contribution in [0.4, 0.5) is 0 Å². The molecule has 25 heavy (non-hydrogen) atoms. The Morgan fingerprint density at radius 1 is 1.16 bits per heavy atom. The Kier molecular flexibility index (Phi) is 3.24. The summed E-state index contributed by atoms with van der Waals surface area (Å²) in [6, 6.07) is 17.8. The molecular weight excluding hydrogens is 334 g/mol. The van der Waals surface area contributed by atoms with E-state index < -0.39 is 0 Å². The molecule has 0 spiro atoms. The van der Waals surface area contributed by atoms with Crippen molar-refractivity contribution in [2.24, 2.45) is 0 Å². The number of fused-ring (bicyclic) bond motifs is 2. The number of nitrogens with zero attached hydrogens (tertiary/aromatic N) is 2. The second-order valence-corrected chi connectivity index (χ2v) is 7.16. The average molecular weight is 349 g/mol. The van der Waals surface area contributed by atoms with Crippen molar-refractivity contribution in [1.29, 1.82) is 0 Å². The van der Waals surface area contributed by atoms with Crippen molar-refractivity contribution in [3.63, 3.8) is 0 Å². The summed E-state index contributed by atoms with van der Waals surface area (Å²) >= 11 is 1.54. The third-order valence-corrected chi connectivity index (χ3v) is 5.36. The van der Waals surface area contributed by atoms with Crippen LogP contribution in [0.3, 0.4) is 0 Å². The third-order valence-electron chi connectivity index (χ3n) is 4.44. The molecule has 0 atom stereocenters. The number of para-hydroxylation sites is 2. The van der Waals surface area contributed by atoms with Crippen molar-refractivity contribution >= 4 is 38.4 Å². The molecule has 0 unspecified atom stereocenters. The highest BCUT2D eigenvalue weighted by molar-refractivity contribution is 7.20. The predicted molar refractivity (Wildman–Crippen MR) is 98.2 cm³/mol. The van der Waals surface area contributed by atoms with Crippen LogP contribution in [0.15, 0.2) is 54.6 Å². The molecule has 3 heterocycles. The van der Waals surface area contributed by atoms with E-state index in [4.69, 9.17) is 4.74 Å². The average Bonchev–Trinajstić information content (AvgIpc) is 3.20. The first-order valence-electron chi connectivity index (χ1n) is 8.15. The van der Waals surface area contributed by atoms with Crippen molar-refractivity contribution in [2.45, 2.75) is 6.10 Å². The second kappa shape index (κ2) is 5.60. The van der Waals surface area contributed by atoms with E-state index in [0.29, 0.717) is 24.0 Å². The fourth-order valence-corrected chi connectivity index (χ4v) is 3.96. The summed E-state index contributed by atoms with van der Waals surface area (Å²) in [5, 5.41) is 1.72. The van der Waals surface area contributed by atoms with Crippen LogP contribution in [-0.4, -0.2) is 40.0 Å². The highest BCUT2D eigenvalue weighted by Gasteiger charge is 2.34. The fourth-order valence-electron chi connectivity index (χ4n) is 3.08. The summed E-state index contributed by atoms with van der Waals surface area (Å²) in [5.74, 6) is 0.0142. The molecule has 4 aromatic rings. The van der Waals surface area contributed by atoms with E-state index >= 15 is 0 Å². The smallest absolute Gasteiger partial charge is 0.274 e. The number of hydrogen-bond acceptors (Lipinski definition) is 4. The van der Waals surface area contributed by atoms with Gasteiger partial charge in [-0.3, -0.25) is 4.79 Å². The van der Waals surface area contributed by atoms with Crippen LogP contribution in [0.1, 0.15) is 10.5 Å². The SMILES string of the molecule is O=C(c1cc2ccccc2[nH]1)N1CC(Oc2nc3ccccc3s2)C1. The van der Waals surface area contributed by atoms with Crippen LogP contribution >= 0.6 is 11.3 Å². The summed E-state index contributed by atoms with van der Waals surface area (Å²) in [4.78, 5) is 22.0. The van der Waals surface area contributed by atoms with Gasteiger partial charge < -0.3 is 14.6 Å². The van der Waals surface area contributed by atoms with Crippen molar-refractivity contribution in [3.05, 3.63) is 60.3 Å². The van der Waals surface area contributed by atoms with E-state index in [1.165, 1.54) is 0 Å². The molecule has 2 aromatic heterocycles. The van der Waals surface area contributed by atoms with Crippen LogP contribution in [-0.2, 0) is 0 Å². The molecule has 5 nitrogen and oxygen atoms in total. The van der Waals surface area contributed by atoms with Gasteiger partial charge in [0, 0.05) is 10.9 Å². The number of carbonyl (C=O) groups is 1. The van der Waals surface area contributed by atoms with E-state index in [9.17, 15) is 4.79 Å². The Labute approximate surface area is 147 Å². The summed E-state index contributed by atoms with van der Waals surface area (Å²) in [6.45, 7) is 1.17. The lowest BCUT2D eigenvalue weighted by Gasteiger charge is -2.37. The van der Waals surface area contributed by atoms with Gasteiger partial charge in [-0.05, 0) is 24.3 Å². The number of hydrogen-bond donors (Lipinski definition) is 1. The summed E-state index contributed by atoms with van der Waals surface area (Å²) in [6.07, 6.45) is 0.00823. The highest BCUT2D eigenvalue weighted by atomic mass is 32.1. The Hall–Kier alpha value is -2.86. The zero-order valence-corrected chi connectivity index (χ0v) is 14.1. The predicted octanol–water partition coefficient (Wildman–Crippen LogP) is 3.68. The quantitative estimate of drug-likeness (QED) is 0.614. The number of ether oxygens (including phenoxy) is 1. The first-order chi connectivity index (χ1) is 12.3. The minimum atomic E-state index is 0.00823. The molecule has 1 amide bonds. The normalized spacial score (nSPS) is 14.8. The standard InChI is InChI=1S/C19H15N3O2S/c23-18(16-9-12-5-1-2-6-14(12)20-16)22-10-13(11-22)24-19-21-15-7-3-4-8-17(15)25-19/h1-9,13,20H,10-11H2. The Balaban J connectivity index is 1.25. The van der Waals surface area contributed by atoms with E-state index in [-0.39, 0.29) is 12.0 Å². The Morgan fingerprint density at radius 2 is 1.96 bits per heavy atom. The molecular formula is C19H15N3O2S. The van der Waals surface area contributed by atoms with E-state index in [0.717, 1.165) is 21.1 Å². The van der Waals surface area contributed by atoms with Crippen molar-refractivity contribution in [3.8, 4) is 5.19 Å². The molecule has 5 rings (SSSR count). The lowest BCUT2D eigenvalue weighted by Crippen LogP contribution is -2.56. The van der Waals surface area contributed by atoms with Gasteiger partial charge in [-0.15, -0.1) is 0 Å². The monoisotopic (exact) mass is 349 g/mol. The molecule has 6 heteroatoms. The van der Waals surface area contributed by atoms with Crippen molar-refractivity contribution in [2.75, 3.05) is 13.1 Å². The van der Waals surface area contributed by atoms with E-state index in [1.807, 2.05) is 54.6 Å². The lowest BCUT2D eigenvalue weighted by atomic mass is 10.1. The van der Waals surface area contributed by atoms with Crippen LogP contribution in [0, 0.1) is 0 Å². The Bertz CT molecular complexity index is 1010. The number of H-pyrrole nitrogens is 1. The maximum Gasteiger partial charge on any atom is 0.274 e. The van der Waals surface area contributed by atoms with Crippen molar-refractivity contribution < 1.29 is 9.53 Å². The Morgan fingerprint density at radius 3 is 2.80 bits per heavy atom. The van der Waals surface area contributed by atoms with Gasteiger partial charge in [0.2, 0.25) is 0 Å². The number of aromatic nitrogens is 2. The largest absolute Gasteiger partial charge is 0.463 e. The number of nitrogens with one attached hydrogen (secondary N) is 1. The summed E-state index contributed by atoms with van der Waals surface area (Å²) in [7, 11) is 0. The zero-order valence-electron chi connectivity index (χ0n) is 13.3. The topological polar surface area (TPSA) is 58.2 Å². The van der Waals surface area contributed by atoms with Crippen LogP contribution < -0.4 is 4.74 Å². The molecule has 1 N–H and O–H groups in total. The number of carbonyl (C=O) groups excluding carboxylic acids is 1. The molecule has 1 saturated heterocycles. The van der Waals surface area contributed by atoms with Gasteiger partial charge in [0.1, 0.15) is 11.8 Å². The first-order valence-corrected chi connectivity index (χ1v) is 8.97. The lowest BCUT2D eigenvalue weighted by molar-refractivity contribution is 0.0174. The molecule has 1 fully saturated rings. The van der Waals surface area contributed by atoms with Crippen LogP contribution in [0.25, 0.3) is 21.1 Å². The molecule has 1 aliphatic rings. The van der Waals surface area contributed by atoms with E-state index in [1.54, 1.807) is 16.2 Å². The van der Waals surface area contributed by atoms with Gasteiger partial charge in [0.25, 0.3) is 11.1 Å². The molecule has 124 valence electrons. The number of rotatable bonds is 3. The number of amides is 1. The summed E-state index contributed by atoms with van der Waals surface area (Å²) in [5.41, 5.74) is 2.56. The fraction of sp³-hybridized carbons (Fsp3) is 0.158. The van der Waals surface area contributed by atoms with Gasteiger partial charge in [0.15, 0.2) is 0 Å². The van der Waals surface area contributed by atoms with Gasteiger partial charge >= 0.3 is 0 Å². The van der Waals surface area contributed by atoms with Gasteiger partial charge in [0.05, 0.1) is 23.3 Å². The second-order valence-electron chi connectivity index (χ2n) is 6.17. The van der Waals surface area contributed by atoms with Crippen molar-refractivity contribution in [1.82, 2.24) is 14.9 Å². The highest BCUT2D eigenvalue weighted by Crippen LogP contribution is 2.29. The zero-order chi connectivity index (χ0) is 16.8. The van der Waals surface area contributed by atoms with Crippen LogP contribution in [0.2, 0.25) is 0 Å².